The van der Waals surface area contributed by atoms with Crippen molar-refractivity contribution in [1.82, 2.24) is 5.32 Å². The highest BCUT2D eigenvalue weighted by Gasteiger charge is 2.25. The standard InChI is InChI=1S/C15H18N2O6/c18-13(16-6-8-22-10-15(20)21)5-7-17-11-3-1-2-4-12(11)23-9-14(17)19/h1-4H,5-10H2,(H,16,18)(H,20,21). The zero-order chi connectivity index (χ0) is 16.7. The molecular formula is C15H18N2O6. The molecule has 0 atom stereocenters. The molecule has 1 heterocycles. The summed E-state index contributed by atoms with van der Waals surface area (Å²) in [6.45, 7) is 0.161. The van der Waals surface area contributed by atoms with E-state index in [1.165, 1.54) is 4.90 Å². The Morgan fingerprint density at radius 3 is 2.91 bits per heavy atom. The summed E-state index contributed by atoms with van der Waals surface area (Å²) in [6, 6.07) is 7.16. The van der Waals surface area contributed by atoms with Gasteiger partial charge in [-0.05, 0) is 12.1 Å². The first-order valence-electron chi connectivity index (χ1n) is 7.16. The summed E-state index contributed by atoms with van der Waals surface area (Å²) in [5.74, 6) is -0.864. The van der Waals surface area contributed by atoms with Crippen LogP contribution in [0.2, 0.25) is 0 Å². The van der Waals surface area contributed by atoms with E-state index in [4.69, 9.17) is 14.6 Å². The molecule has 2 rings (SSSR count). The fourth-order valence-corrected chi connectivity index (χ4v) is 2.12. The second kappa shape index (κ2) is 8.14. The maximum Gasteiger partial charge on any atom is 0.329 e. The summed E-state index contributed by atoms with van der Waals surface area (Å²) in [4.78, 5) is 35.4. The Labute approximate surface area is 133 Å². The molecule has 0 radical (unpaired) electrons. The molecule has 0 fully saturated rings. The van der Waals surface area contributed by atoms with Crippen molar-refractivity contribution in [3.05, 3.63) is 24.3 Å². The minimum absolute atomic E-state index is 0.0400. The van der Waals surface area contributed by atoms with Crippen LogP contribution in [0.3, 0.4) is 0 Å². The molecule has 0 saturated carbocycles. The van der Waals surface area contributed by atoms with Gasteiger partial charge in [0.1, 0.15) is 12.4 Å². The number of amides is 2. The maximum absolute atomic E-state index is 11.9. The zero-order valence-electron chi connectivity index (χ0n) is 12.5. The Morgan fingerprint density at radius 2 is 2.13 bits per heavy atom. The molecular weight excluding hydrogens is 304 g/mol. The van der Waals surface area contributed by atoms with E-state index in [-0.39, 0.29) is 44.5 Å². The van der Waals surface area contributed by atoms with Gasteiger partial charge in [0.2, 0.25) is 5.91 Å². The van der Waals surface area contributed by atoms with Gasteiger partial charge in [0, 0.05) is 19.5 Å². The van der Waals surface area contributed by atoms with Gasteiger partial charge in [-0.2, -0.15) is 0 Å². The summed E-state index contributed by atoms with van der Waals surface area (Å²) >= 11 is 0. The molecule has 23 heavy (non-hydrogen) atoms. The topological polar surface area (TPSA) is 105 Å². The van der Waals surface area contributed by atoms with Crippen LogP contribution in [0.15, 0.2) is 24.3 Å². The summed E-state index contributed by atoms with van der Waals surface area (Å²) in [6.07, 6.45) is 0.138. The van der Waals surface area contributed by atoms with Crippen molar-refractivity contribution in [1.29, 1.82) is 0 Å². The van der Waals surface area contributed by atoms with E-state index in [0.717, 1.165) is 0 Å². The second-order valence-electron chi connectivity index (χ2n) is 4.85. The lowest BCUT2D eigenvalue weighted by atomic mass is 10.2. The van der Waals surface area contributed by atoms with E-state index in [9.17, 15) is 14.4 Å². The van der Waals surface area contributed by atoms with E-state index in [1.807, 2.05) is 6.07 Å². The molecule has 0 aromatic heterocycles. The largest absolute Gasteiger partial charge is 0.482 e. The Balaban J connectivity index is 1.76. The van der Waals surface area contributed by atoms with Crippen LogP contribution in [0.25, 0.3) is 0 Å². The van der Waals surface area contributed by atoms with Crippen LogP contribution in [-0.2, 0) is 19.1 Å². The lowest BCUT2D eigenvalue weighted by molar-refractivity contribution is -0.142. The van der Waals surface area contributed by atoms with Crippen LogP contribution in [0.4, 0.5) is 5.69 Å². The first-order chi connectivity index (χ1) is 11.1. The van der Waals surface area contributed by atoms with Crippen molar-refractivity contribution >= 4 is 23.5 Å². The van der Waals surface area contributed by atoms with E-state index in [1.54, 1.807) is 18.2 Å². The Hall–Kier alpha value is -2.61. The van der Waals surface area contributed by atoms with Crippen molar-refractivity contribution in [3.8, 4) is 5.75 Å². The molecule has 2 N–H and O–H groups in total. The number of carbonyl (C=O) groups excluding carboxylic acids is 2. The maximum atomic E-state index is 11.9. The van der Waals surface area contributed by atoms with Gasteiger partial charge in [0.15, 0.2) is 6.61 Å². The molecule has 0 saturated heterocycles. The first-order valence-corrected chi connectivity index (χ1v) is 7.16. The van der Waals surface area contributed by atoms with Gasteiger partial charge in [0.05, 0.1) is 12.3 Å². The Morgan fingerprint density at radius 1 is 1.35 bits per heavy atom. The summed E-state index contributed by atoms with van der Waals surface area (Å²) in [5.41, 5.74) is 0.654. The van der Waals surface area contributed by atoms with E-state index < -0.39 is 12.6 Å². The van der Waals surface area contributed by atoms with Crippen LogP contribution in [-0.4, -0.2) is 55.8 Å². The number of carboxylic acids is 1. The van der Waals surface area contributed by atoms with Gasteiger partial charge in [-0.1, -0.05) is 12.1 Å². The van der Waals surface area contributed by atoms with Gasteiger partial charge in [0.25, 0.3) is 5.91 Å². The van der Waals surface area contributed by atoms with Crippen molar-refractivity contribution in [3.63, 3.8) is 0 Å². The van der Waals surface area contributed by atoms with E-state index >= 15 is 0 Å². The van der Waals surface area contributed by atoms with Crippen molar-refractivity contribution < 1.29 is 29.0 Å². The predicted octanol–water partition coefficient (Wildman–Crippen LogP) is 0.0195. The van der Waals surface area contributed by atoms with Crippen molar-refractivity contribution in [2.45, 2.75) is 6.42 Å². The SMILES string of the molecule is O=C(O)COCCNC(=O)CCN1C(=O)COc2ccccc21. The molecule has 1 aliphatic rings. The Bertz CT molecular complexity index is 589. The van der Waals surface area contributed by atoms with Crippen LogP contribution >= 0.6 is 0 Å². The number of nitrogens with one attached hydrogen (secondary N) is 1. The highest BCUT2D eigenvalue weighted by Crippen LogP contribution is 2.31. The highest BCUT2D eigenvalue weighted by atomic mass is 16.5. The minimum Gasteiger partial charge on any atom is -0.482 e. The molecule has 1 aromatic rings. The van der Waals surface area contributed by atoms with Gasteiger partial charge in [-0.3, -0.25) is 9.59 Å². The third kappa shape index (κ3) is 4.96. The lowest BCUT2D eigenvalue weighted by Crippen LogP contribution is -2.41. The van der Waals surface area contributed by atoms with Crippen LogP contribution in [0.5, 0.6) is 5.75 Å². The number of benzene rings is 1. The average Bonchev–Trinajstić information content (AvgIpc) is 2.53. The van der Waals surface area contributed by atoms with Crippen LogP contribution < -0.4 is 15.0 Å². The molecule has 8 heteroatoms. The summed E-state index contributed by atoms with van der Waals surface area (Å²) in [7, 11) is 0. The number of carbonyl (C=O) groups is 3. The normalized spacial score (nSPS) is 13.2. The molecule has 8 nitrogen and oxygen atoms in total. The lowest BCUT2D eigenvalue weighted by Gasteiger charge is -2.29. The number of hydrogen-bond donors (Lipinski definition) is 2. The van der Waals surface area contributed by atoms with Crippen molar-refractivity contribution in [2.75, 3.05) is 37.8 Å². The van der Waals surface area contributed by atoms with Gasteiger partial charge < -0.3 is 24.8 Å². The monoisotopic (exact) mass is 322 g/mol. The third-order valence-corrected chi connectivity index (χ3v) is 3.16. The number of hydrogen-bond acceptors (Lipinski definition) is 5. The number of rotatable bonds is 8. The molecule has 1 aliphatic heterocycles. The highest BCUT2D eigenvalue weighted by molar-refractivity contribution is 5.98. The number of fused-ring (bicyclic) bond motifs is 1. The van der Waals surface area contributed by atoms with Crippen LogP contribution in [0.1, 0.15) is 6.42 Å². The molecule has 2 amide bonds. The number of anilines is 1. The first kappa shape index (κ1) is 16.8. The quantitative estimate of drug-likeness (QED) is 0.654. The summed E-state index contributed by atoms with van der Waals surface area (Å²) < 4.78 is 10.1. The number of ether oxygens (including phenoxy) is 2. The number of para-hydroxylation sites is 2. The number of nitrogens with zero attached hydrogens (tertiary/aromatic N) is 1. The average molecular weight is 322 g/mol. The van der Waals surface area contributed by atoms with Gasteiger partial charge in [-0.25, -0.2) is 4.79 Å². The predicted molar refractivity (Wildman–Crippen MR) is 80.4 cm³/mol. The minimum atomic E-state index is -1.05. The van der Waals surface area contributed by atoms with Gasteiger partial charge in [-0.15, -0.1) is 0 Å². The van der Waals surface area contributed by atoms with Crippen LogP contribution in [0, 0.1) is 0 Å². The smallest absolute Gasteiger partial charge is 0.329 e. The van der Waals surface area contributed by atoms with E-state index in [0.29, 0.717) is 11.4 Å². The molecule has 0 spiro atoms. The fourth-order valence-electron chi connectivity index (χ4n) is 2.12. The summed E-state index contributed by atoms with van der Waals surface area (Å²) in [5, 5.41) is 11.0. The molecule has 124 valence electrons. The van der Waals surface area contributed by atoms with Gasteiger partial charge >= 0.3 is 5.97 Å². The zero-order valence-corrected chi connectivity index (χ0v) is 12.5. The molecule has 0 bridgehead atoms. The molecule has 0 unspecified atom stereocenters. The van der Waals surface area contributed by atoms with Crippen molar-refractivity contribution in [2.24, 2.45) is 0 Å². The fraction of sp³-hybridized carbons (Fsp3) is 0.400. The number of carboxylic acid groups (broad SMARTS) is 1. The third-order valence-electron chi connectivity index (χ3n) is 3.16. The van der Waals surface area contributed by atoms with E-state index in [2.05, 4.69) is 5.32 Å². The Kier molecular flexibility index (Phi) is 5.93. The second-order valence-corrected chi connectivity index (χ2v) is 4.85. The molecule has 0 aliphatic carbocycles. The molecule has 1 aromatic carbocycles. The number of aliphatic carboxylic acids is 1.